The van der Waals surface area contributed by atoms with Gasteiger partial charge >= 0.3 is 0 Å². The Kier molecular flexibility index (Phi) is 5.42. The molecule has 1 aromatic carbocycles. The van der Waals surface area contributed by atoms with Crippen molar-refractivity contribution in [3.63, 3.8) is 0 Å². The van der Waals surface area contributed by atoms with Crippen LogP contribution < -0.4 is 10.6 Å². The number of nitrogens with zero attached hydrogens (tertiary/aromatic N) is 2. The van der Waals surface area contributed by atoms with Gasteiger partial charge in [0.1, 0.15) is 0 Å². The van der Waals surface area contributed by atoms with Crippen molar-refractivity contribution in [2.75, 3.05) is 5.32 Å². The minimum absolute atomic E-state index is 0.142. The number of hydrogen-bond acceptors (Lipinski definition) is 5. The normalized spacial score (nSPS) is 15.0. The van der Waals surface area contributed by atoms with Crippen molar-refractivity contribution < 1.29 is 9.59 Å². The lowest BCUT2D eigenvalue weighted by Crippen LogP contribution is -2.36. The highest BCUT2D eigenvalue weighted by molar-refractivity contribution is 7.15. The van der Waals surface area contributed by atoms with Gasteiger partial charge in [-0.25, -0.2) is 0 Å². The third-order valence-electron chi connectivity index (χ3n) is 3.84. The van der Waals surface area contributed by atoms with Gasteiger partial charge in [0.15, 0.2) is 0 Å². The molecule has 126 valence electrons. The van der Waals surface area contributed by atoms with Crippen molar-refractivity contribution in [3.8, 4) is 0 Å². The maximum absolute atomic E-state index is 12.2. The molecule has 0 saturated heterocycles. The first-order chi connectivity index (χ1) is 11.6. The van der Waals surface area contributed by atoms with E-state index in [9.17, 15) is 9.59 Å². The van der Waals surface area contributed by atoms with Crippen LogP contribution in [0.4, 0.5) is 5.69 Å². The van der Waals surface area contributed by atoms with Crippen molar-refractivity contribution in [1.29, 1.82) is 0 Å². The summed E-state index contributed by atoms with van der Waals surface area (Å²) in [5.41, 5.74) is 0.566. The first-order valence-corrected chi connectivity index (χ1v) is 9.02. The summed E-state index contributed by atoms with van der Waals surface area (Å²) in [4.78, 5) is 24.4. The zero-order chi connectivity index (χ0) is 16.9. The molecule has 0 unspecified atom stereocenters. The Hall–Kier alpha value is -1.99. The molecule has 0 aliphatic heterocycles. The van der Waals surface area contributed by atoms with Gasteiger partial charge in [0.05, 0.1) is 0 Å². The highest BCUT2D eigenvalue weighted by Gasteiger charge is 2.21. The summed E-state index contributed by atoms with van der Waals surface area (Å²) >= 11 is 6.86. The average molecular weight is 365 g/mol. The van der Waals surface area contributed by atoms with Crippen molar-refractivity contribution >= 4 is 40.4 Å². The van der Waals surface area contributed by atoms with E-state index in [-0.39, 0.29) is 22.0 Å². The Balaban J connectivity index is 1.61. The molecule has 1 fully saturated rings. The van der Waals surface area contributed by atoms with E-state index >= 15 is 0 Å². The molecule has 0 atom stereocenters. The van der Waals surface area contributed by atoms with Crippen molar-refractivity contribution in [1.82, 2.24) is 15.5 Å². The number of aromatic nitrogens is 2. The summed E-state index contributed by atoms with van der Waals surface area (Å²) in [5, 5.41) is 14.2. The maximum atomic E-state index is 12.2. The Morgan fingerprint density at radius 3 is 2.50 bits per heavy atom. The maximum Gasteiger partial charge on any atom is 0.286 e. The van der Waals surface area contributed by atoms with Crippen LogP contribution >= 0.6 is 22.9 Å². The van der Waals surface area contributed by atoms with Crippen molar-refractivity contribution in [3.05, 3.63) is 39.3 Å². The van der Waals surface area contributed by atoms with Gasteiger partial charge in [-0.3, -0.25) is 9.59 Å². The van der Waals surface area contributed by atoms with E-state index in [0.29, 0.717) is 10.7 Å². The van der Waals surface area contributed by atoms with Crippen LogP contribution in [0, 0.1) is 0 Å². The van der Waals surface area contributed by atoms with Crippen LogP contribution in [0.5, 0.6) is 0 Å². The predicted molar refractivity (Wildman–Crippen MR) is 93.7 cm³/mol. The number of amides is 2. The van der Waals surface area contributed by atoms with Crippen LogP contribution in [0.15, 0.2) is 24.3 Å². The molecular formula is C16H17ClN4O2S. The minimum atomic E-state index is -0.411. The van der Waals surface area contributed by atoms with E-state index in [1.165, 1.54) is 6.42 Å². The zero-order valence-corrected chi connectivity index (χ0v) is 14.5. The Morgan fingerprint density at radius 1 is 1.08 bits per heavy atom. The summed E-state index contributed by atoms with van der Waals surface area (Å²) in [6, 6.07) is 7.01. The highest BCUT2D eigenvalue weighted by Crippen LogP contribution is 2.19. The molecule has 1 saturated carbocycles. The second-order valence-electron chi connectivity index (χ2n) is 5.69. The second kappa shape index (κ2) is 7.72. The summed E-state index contributed by atoms with van der Waals surface area (Å²) in [6.45, 7) is 0. The lowest BCUT2D eigenvalue weighted by atomic mass is 9.95. The zero-order valence-electron chi connectivity index (χ0n) is 12.9. The predicted octanol–water partition coefficient (Wildman–Crippen LogP) is 3.51. The van der Waals surface area contributed by atoms with Crippen LogP contribution in [0.25, 0.3) is 0 Å². The van der Waals surface area contributed by atoms with E-state index in [1.54, 1.807) is 24.3 Å². The van der Waals surface area contributed by atoms with Gasteiger partial charge in [-0.15, -0.1) is 10.2 Å². The van der Waals surface area contributed by atoms with Gasteiger partial charge in [0.25, 0.3) is 11.8 Å². The fraction of sp³-hybridized carbons (Fsp3) is 0.375. The smallest absolute Gasteiger partial charge is 0.286 e. The van der Waals surface area contributed by atoms with Crippen LogP contribution in [0.1, 0.15) is 51.7 Å². The number of carbonyl (C=O) groups excluding carboxylic acids is 2. The Labute approximate surface area is 148 Å². The molecule has 0 radical (unpaired) electrons. The molecule has 24 heavy (non-hydrogen) atoms. The standard InChI is InChI=1S/C16H17ClN4O2S/c17-10-5-4-8-12(9-10)19-14(23)16-21-20-15(24-16)13(22)18-11-6-2-1-3-7-11/h4-5,8-9,11H,1-3,6-7H2,(H,18,22)(H,19,23). The average Bonchev–Trinajstić information content (AvgIpc) is 3.06. The monoisotopic (exact) mass is 364 g/mol. The van der Waals surface area contributed by atoms with Crippen molar-refractivity contribution in [2.45, 2.75) is 38.1 Å². The van der Waals surface area contributed by atoms with Gasteiger partial charge in [-0.2, -0.15) is 0 Å². The van der Waals surface area contributed by atoms with E-state index < -0.39 is 5.91 Å². The summed E-state index contributed by atoms with van der Waals surface area (Å²) < 4.78 is 0. The molecule has 8 heteroatoms. The molecule has 0 bridgehead atoms. The van der Waals surface area contributed by atoms with E-state index in [2.05, 4.69) is 20.8 Å². The van der Waals surface area contributed by atoms with E-state index in [4.69, 9.17) is 11.6 Å². The molecular weight excluding hydrogens is 348 g/mol. The number of rotatable bonds is 4. The van der Waals surface area contributed by atoms with Gasteiger partial charge in [-0.1, -0.05) is 48.3 Å². The third kappa shape index (κ3) is 4.30. The number of carbonyl (C=O) groups is 2. The molecule has 0 spiro atoms. The van der Waals surface area contributed by atoms with Crippen LogP contribution in [0.3, 0.4) is 0 Å². The third-order valence-corrected chi connectivity index (χ3v) is 4.99. The van der Waals surface area contributed by atoms with Gasteiger partial charge < -0.3 is 10.6 Å². The van der Waals surface area contributed by atoms with E-state index in [0.717, 1.165) is 37.0 Å². The first kappa shape index (κ1) is 16.9. The number of anilines is 1. The Morgan fingerprint density at radius 2 is 1.79 bits per heavy atom. The molecule has 1 aliphatic carbocycles. The molecule has 3 rings (SSSR count). The molecule has 2 aromatic rings. The van der Waals surface area contributed by atoms with E-state index in [1.807, 2.05) is 0 Å². The van der Waals surface area contributed by atoms with Gasteiger partial charge in [0, 0.05) is 16.8 Å². The fourth-order valence-electron chi connectivity index (χ4n) is 2.65. The lowest BCUT2D eigenvalue weighted by Gasteiger charge is -2.21. The Bertz CT molecular complexity index is 743. The molecule has 1 heterocycles. The molecule has 1 aliphatic rings. The van der Waals surface area contributed by atoms with Gasteiger partial charge in [-0.05, 0) is 31.0 Å². The first-order valence-electron chi connectivity index (χ1n) is 7.83. The quantitative estimate of drug-likeness (QED) is 0.869. The molecule has 1 aromatic heterocycles. The minimum Gasteiger partial charge on any atom is -0.347 e. The van der Waals surface area contributed by atoms with Crippen LogP contribution in [-0.4, -0.2) is 28.1 Å². The summed E-state index contributed by atoms with van der Waals surface area (Å²) in [6.07, 6.45) is 5.47. The van der Waals surface area contributed by atoms with Crippen LogP contribution in [0.2, 0.25) is 5.02 Å². The number of halogens is 1. The topological polar surface area (TPSA) is 84.0 Å². The van der Waals surface area contributed by atoms with Crippen molar-refractivity contribution in [2.24, 2.45) is 0 Å². The molecule has 6 nitrogen and oxygen atoms in total. The van der Waals surface area contributed by atoms with Crippen LogP contribution in [-0.2, 0) is 0 Å². The number of benzene rings is 1. The molecule has 2 N–H and O–H groups in total. The highest BCUT2D eigenvalue weighted by atomic mass is 35.5. The lowest BCUT2D eigenvalue weighted by molar-refractivity contribution is 0.0925. The number of nitrogens with one attached hydrogen (secondary N) is 2. The SMILES string of the molecule is O=C(Nc1cccc(Cl)c1)c1nnc(C(=O)NC2CCCCC2)s1. The summed E-state index contributed by atoms with van der Waals surface area (Å²) in [7, 11) is 0. The van der Waals surface area contributed by atoms with Gasteiger partial charge in [0.2, 0.25) is 10.0 Å². The largest absolute Gasteiger partial charge is 0.347 e. The number of hydrogen-bond donors (Lipinski definition) is 2. The summed E-state index contributed by atoms with van der Waals surface area (Å²) in [5.74, 6) is -0.673. The second-order valence-corrected chi connectivity index (χ2v) is 7.10. The molecule has 2 amide bonds. The fourth-order valence-corrected chi connectivity index (χ4v) is 3.48.